The SMILES string of the molecule is O=C(C[C@H](NCc1ccccn1)c1ccccc1)c1cc2ccccc2oc1=O. The summed E-state index contributed by atoms with van der Waals surface area (Å²) in [4.78, 5) is 29.7. The molecule has 0 radical (unpaired) electrons. The largest absolute Gasteiger partial charge is 0.422 e. The van der Waals surface area contributed by atoms with Gasteiger partial charge in [-0.05, 0) is 29.8 Å². The number of hydrogen-bond acceptors (Lipinski definition) is 5. The van der Waals surface area contributed by atoms with Crippen LogP contribution >= 0.6 is 0 Å². The topological polar surface area (TPSA) is 72.2 Å². The fourth-order valence-corrected chi connectivity index (χ4v) is 3.28. The number of Topliss-reactive ketones (excluding diaryl/α,β-unsaturated/α-hetero) is 1. The molecule has 1 atom stereocenters. The Morgan fingerprint density at radius 3 is 2.52 bits per heavy atom. The van der Waals surface area contributed by atoms with Crippen LogP contribution in [-0.4, -0.2) is 10.8 Å². The molecule has 5 heteroatoms. The van der Waals surface area contributed by atoms with E-state index in [1.807, 2.05) is 60.7 Å². The van der Waals surface area contributed by atoms with E-state index in [0.29, 0.717) is 12.1 Å². The molecule has 0 bridgehead atoms. The van der Waals surface area contributed by atoms with Crippen molar-refractivity contribution in [2.24, 2.45) is 0 Å². The van der Waals surface area contributed by atoms with Crippen LogP contribution in [0.2, 0.25) is 0 Å². The lowest BCUT2D eigenvalue weighted by Gasteiger charge is -2.18. The van der Waals surface area contributed by atoms with Crippen LogP contribution in [0.5, 0.6) is 0 Å². The molecule has 0 saturated heterocycles. The number of ketones is 1. The second-order valence-electron chi connectivity index (χ2n) is 6.78. The third kappa shape index (κ3) is 4.47. The third-order valence-electron chi connectivity index (χ3n) is 4.79. The number of pyridine rings is 1. The first kappa shape index (κ1) is 18.8. The van der Waals surface area contributed by atoms with E-state index in [4.69, 9.17) is 4.42 Å². The summed E-state index contributed by atoms with van der Waals surface area (Å²) in [7, 11) is 0. The number of aromatic nitrogens is 1. The highest BCUT2D eigenvalue weighted by molar-refractivity contribution is 5.98. The molecule has 4 aromatic rings. The van der Waals surface area contributed by atoms with Crippen molar-refractivity contribution in [3.8, 4) is 0 Å². The van der Waals surface area contributed by atoms with Crippen LogP contribution in [0.1, 0.15) is 34.1 Å². The molecule has 0 aliphatic heterocycles. The van der Waals surface area contributed by atoms with Gasteiger partial charge in [-0.2, -0.15) is 0 Å². The first-order chi connectivity index (χ1) is 14.2. The van der Waals surface area contributed by atoms with Crippen molar-refractivity contribution in [3.05, 3.63) is 112 Å². The van der Waals surface area contributed by atoms with Gasteiger partial charge in [0.2, 0.25) is 0 Å². The molecule has 29 heavy (non-hydrogen) atoms. The Labute approximate surface area is 168 Å². The Balaban J connectivity index is 1.59. The summed E-state index contributed by atoms with van der Waals surface area (Å²) in [5.41, 5.74) is 1.80. The van der Waals surface area contributed by atoms with E-state index in [1.54, 1.807) is 24.4 Å². The van der Waals surface area contributed by atoms with Crippen molar-refractivity contribution < 1.29 is 9.21 Å². The minimum Gasteiger partial charge on any atom is -0.422 e. The van der Waals surface area contributed by atoms with Crippen LogP contribution < -0.4 is 10.9 Å². The zero-order valence-corrected chi connectivity index (χ0v) is 15.7. The molecule has 0 unspecified atom stereocenters. The molecule has 0 amide bonds. The van der Waals surface area contributed by atoms with E-state index in [2.05, 4.69) is 10.3 Å². The second kappa shape index (κ2) is 8.63. The number of benzene rings is 2. The van der Waals surface area contributed by atoms with Crippen molar-refractivity contribution in [3.63, 3.8) is 0 Å². The maximum atomic E-state index is 13.0. The van der Waals surface area contributed by atoms with Crippen molar-refractivity contribution >= 4 is 16.8 Å². The average Bonchev–Trinajstić information content (AvgIpc) is 2.77. The Morgan fingerprint density at radius 2 is 1.72 bits per heavy atom. The molecular weight excluding hydrogens is 364 g/mol. The number of para-hydroxylation sites is 1. The maximum Gasteiger partial charge on any atom is 0.347 e. The molecular formula is C24H20N2O3. The van der Waals surface area contributed by atoms with E-state index < -0.39 is 5.63 Å². The number of hydrogen-bond donors (Lipinski definition) is 1. The van der Waals surface area contributed by atoms with Crippen molar-refractivity contribution in [1.82, 2.24) is 10.3 Å². The summed E-state index contributed by atoms with van der Waals surface area (Å²) in [6, 6.07) is 24.0. The fraction of sp³-hybridized carbons (Fsp3) is 0.125. The Hall–Kier alpha value is -3.57. The number of rotatable bonds is 7. The summed E-state index contributed by atoms with van der Waals surface area (Å²) in [5.74, 6) is -0.258. The number of nitrogens with one attached hydrogen (secondary N) is 1. The highest BCUT2D eigenvalue weighted by atomic mass is 16.4. The predicted molar refractivity (Wildman–Crippen MR) is 112 cm³/mol. The average molecular weight is 384 g/mol. The van der Waals surface area contributed by atoms with Gasteiger partial charge < -0.3 is 9.73 Å². The normalized spacial score (nSPS) is 12.0. The van der Waals surface area contributed by atoms with Gasteiger partial charge in [0.25, 0.3) is 0 Å². The lowest BCUT2D eigenvalue weighted by atomic mass is 9.98. The van der Waals surface area contributed by atoms with Gasteiger partial charge >= 0.3 is 5.63 Å². The van der Waals surface area contributed by atoms with Gasteiger partial charge in [-0.3, -0.25) is 9.78 Å². The third-order valence-corrected chi connectivity index (χ3v) is 4.79. The second-order valence-corrected chi connectivity index (χ2v) is 6.78. The molecule has 0 fully saturated rings. The van der Waals surface area contributed by atoms with E-state index in [1.165, 1.54) is 0 Å². The van der Waals surface area contributed by atoms with Crippen molar-refractivity contribution in [2.75, 3.05) is 0 Å². The van der Waals surface area contributed by atoms with Gasteiger partial charge in [-0.1, -0.05) is 54.6 Å². The monoisotopic (exact) mass is 384 g/mol. The fourth-order valence-electron chi connectivity index (χ4n) is 3.28. The van der Waals surface area contributed by atoms with Crippen molar-refractivity contribution in [1.29, 1.82) is 0 Å². The molecule has 4 rings (SSSR count). The smallest absolute Gasteiger partial charge is 0.347 e. The van der Waals surface area contributed by atoms with Crippen LogP contribution in [0, 0.1) is 0 Å². The summed E-state index contributed by atoms with van der Waals surface area (Å²) < 4.78 is 5.32. The molecule has 0 aliphatic rings. The standard InChI is InChI=1S/C24H20N2O3/c27-22(20-14-18-10-4-5-12-23(18)29-24(20)28)15-21(17-8-2-1-3-9-17)26-16-19-11-6-7-13-25-19/h1-14,21,26H,15-16H2/t21-/m0/s1. The summed E-state index contributed by atoms with van der Waals surface area (Å²) in [6.45, 7) is 0.514. The number of carbonyl (C=O) groups is 1. The van der Waals surface area contributed by atoms with Crippen molar-refractivity contribution in [2.45, 2.75) is 19.0 Å². The molecule has 2 aromatic heterocycles. The van der Waals surface area contributed by atoms with E-state index >= 15 is 0 Å². The minimum atomic E-state index is -0.606. The Kier molecular flexibility index (Phi) is 5.59. The van der Waals surface area contributed by atoms with E-state index in [9.17, 15) is 9.59 Å². The van der Waals surface area contributed by atoms with Gasteiger partial charge in [-0.15, -0.1) is 0 Å². The molecule has 0 saturated carbocycles. The minimum absolute atomic E-state index is 0.0734. The zero-order chi connectivity index (χ0) is 20.1. The molecule has 2 aromatic carbocycles. The zero-order valence-electron chi connectivity index (χ0n) is 15.7. The van der Waals surface area contributed by atoms with Gasteiger partial charge in [0, 0.05) is 30.6 Å². The maximum absolute atomic E-state index is 13.0. The molecule has 2 heterocycles. The predicted octanol–water partition coefficient (Wildman–Crippen LogP) is 4.29. The molecule has 1 N–H and O–H groups in total. The van der Waals surface area contributed by atoms with Crippen LogP contribution in [0.3, 0.4) is 0 Å². The van der Waals surface area contributed by atoms with Gasteiger partial charge in [0.05, 0.1) is 5.69 Å². The quantitative estimate of drug-likeness (QED) is 0.380. The lowest BCUT2D eigenvalue weighted by Crippen LogP contribution is -2.26. The summed E-state index contributed by atoms with van der Waals surface area (Å²) in [6.07, 6.45) is 1.87. The molecule has 0 aliphatic carbocycles. The van der Waals surface area contributed by atoms with Gasteiger partial charge in [0.1, 0.15) is 11.1 Å². The van der Waals surface area contributed by atoms with Gasteiger partial charge in [0.15, 0.2) is 5.78 Å². The first-order valence-corrected chi connectivity index (χ1v) is 9.45. The number of nitrogens with zero attached hydrogens (tertiary/aromatic N) is 1. The molecule has 144 valence electrons. The van der Waals surface area contributed by atoms with E-state index in [0.717, 1.165) is 16.6 Å². The number of fused-ring (bicyclic) bond motifs is 1. The highest BCUT2D eigenvalue weighted by Crippen LogP contribution is 2.21. The van der Waals surface area contributed by atoms with E-state index in [-0.39, 0.29) is 23.8 Å². The Morgan fingerprint density at radius 1 is 0.966 bits per heavy atom. The van der Waals surface area contributed by atoms with Crippen LogP contribution in [0.4, 0.5) is 0 Å². The Bertz CT molecular complexity index is 1170. The van der Waals surface area contributed by atoms with Crippen LogP contribution in [0.15, 0.2) is 94.3 Å². The van der Waals surface area contributed by atoms with Gasteiger partial charge in [-0.25, -0.2) is 4.79 Å². The summed E-state index contributed by atoms with van der Waals surface area (Å²) in [5, 5.41) is 4.12. The first-order valence-electron chi connectivity index (χ1n) is 9.45. The highest BCUT2D eigenvalue weighted by Gasteiger charge is 2.20. The summed E-state index contributed by atoms with van der Waals surface area (Å²) >= 11 is 0. The molecule has 0 spiro atoms. The lowest BCUT2D eigenvalue weighted by molar-refractivity contribution is 0.0964. The number of carbonyl (C=O) groups excluding carboxylic acids is 1. The van der Waals surface area contributed by atoms with Crippen LogP contribution in [-0.2, 0) is 6.54 Å². The van der Waals surface area contributed by atoms with Crippen LogP contribution in [0.25, 0.3) is 11.0 Å². The molecule has 5 nitrogen and oxygen atoms in total.